The van der Waals surface area contributed by atoms with E-state index in [0.717, 1.165) is 24.0 Å². The second-order valence-corrected chi connectivity index (χ2v) is 6.12. The number of allylic oxidation sites excluding steroid dienone is 8. The van der Waals surface area contributed by atoms with Crippen molar-refractivity contribution in [3.63, 3.8) is 0 Å². The summed E-state index contributed by atoms with van der Waals surface area (Å²) in [6.45, 7) is 27.6. The van der Waals surface area contributed by atoms with Gasteiger partial charge in [0.1, 0.15) is 5.83 Å². The molecule has 1 unspecified atom stereocenters. The van der Waals surface area contributed by atoms with Gasteiger partial charge in [0, 0.05) is 5.57 Å². The minimum absolute atomic E-state index is 0.269. The van der Waals surface area contributed by atoms with Crippen LogP contribution >= 0.6 is 0 Å². The van der Waals surface area contributed by atoms with Crippen molar-refractivity contribution < 1.29 is 4.39 Å². The van der Waals surface area contributed by atoms with Crippen LogP contribution in [0.1, 0.15) is 54.4 Å². The normalized spacial score (nSPS) is 12.6. The van der Waals surface area contributed by atoms with Crippen molar-refractivity contribution in [2.24, 2.45) is 11.8 Å². The average molecular weight is 319 g/mol. The van der Waals surface area contributed by atoms with E-state index in [1.54, 1.807) is 12.2 Å². The third-order valence-corrected chi connectivity index (χ3v) is 3.37. The molecule has 0 spiro atoms. The molecule has 0 heterocycles. The minimum atomic E-state index is -0.368. The molecular weight excluding hydrogens is 283 g/mol. The van der Waals surface area contributed by atoms with E-state index in [1.165, 1.54) is 6.08 Å². The maximum atomic E-state index is 14.2. The molecule has 0 aromatic carbocycles. The Bertz CT molecular complexity index is 472. The SMILES string of the molecule is C=C(C)/C=C\C(=C)C(=C)/C(F)=C\C(=C)C(C)CCC(C)C.CC. The molecule has 0 aliphatic carbocycles. The molecule has 0 aliphatic heterocycles. The van der Waals surface area contributed by atoms with Crippen LogP contribution in [0.5, 0.6) is 0 Å². The zero-order valence-electron chi connectivity index (χ0n) is 16.0. The van der Waals surface area contributed by atoms with Gasteiger partial charge in [0.05, 0.1) is 0 Å². The Morgan fingerprint density at radius 1 is 0.957 bits per heavy atom. The van der Waals surface area contributed by atoms with Gasteiger partial charge in [-0.2, -0.15) is 0 Å². The third-order valence-electron chi connectivity index (χ3n) is 3.37. The first-order valence-electron chi connectivity index (χ1n) is 8.43. The molecule has 0 amide bonds. The lowest BCUT2D eigenvalue weighted by atomic mass is 9.92. The topological polar surface area (TPSA) is 0 Å². The highest BCUT2D eigenvalue weighted by Gasteiger charge is 2.09. The maximum Gasteiger partial charge on any atom is 0.130 e. The van der Waals surface area contributed by atoms with E-state index in [2.05, 4.69) is 47.1 Å². The van der Waals surface area contributed by atoms with Crippen LogP contribution in [0.4, 0.5) is 4.39 Å². The molecule has 0 aromatic heterocycles. The van der Waals surface area contributed by atoms with Crippen LogP contribution in [0.15, 0.2) is 72.7 Å². The molecule has 1 atom stereocenters. The summed E-state index contributed by atoms with van der Waals surface area (Å²) >= 11 is 0. The smallest absolute Gasteiger partial charge is 0.130 e. The summed E-state index contributed by atoms with van der Waals surface area (Å²) in [5.74, 6) is 0.550. The van der Waals surface area contributed by atoms with Crippen molar-refractivity contribution in [1.82, 2.24) is 0 Å². The Labute approximate surface area is 143 Å². The van der Waals surface area contributed by atoms with Crippen LogP contribution in [0.25, 0.3) is 0 Å². The number of hydrogen-bond acceptors (Lipinski definition) is 0. The van der Waals surface area contributed by atoms with Gasteiger partial charge in [-0.3, -0.25) is 0 Å². The number of hydrogen-bond donors (Lipinski definition) is 0. The molecule has 23 heavy (non-hydrogen) atoms. The molecule has 1 heteroatoms. The standard InChI is InChI=1S/C20H29F.C2H6/c1-14(2)9-11-16(5)18(7)13-20(21)19(8)17(6)12-10-15(3)4;1-2/h10,12-14,16H,3,6-9,11H2,1-2,4-5H3;1-2H3/b12-10-,20-13+;. The number of rotatable bonds is 9. The van der Waals surface area contributed by atoms with Gasteiger partial charge in [0.25, 0.3) is 0 Å². The van der Waals surface area contributed by atoms with Crippen LogP contribution in [0.2, 0.25) is 0 Å². The highest BCUT2D eigenvalue weighted by Crippen LogP contribution is 2.25. The predicted octanol–water partition coefficient (Wildman–Crippen LogP) is 7.74. The summed E-state index contributed by atoms with van der Waals surface area (Å²) < 4.78 is 14.2. The van der Waals surface area contributed by atoms with Gasteiger partial charge in [-0.25, -0.2) is 4.39 Å². The van der Waals surface area contributed by atoms with Crippen LogP contribution in [0.3, 0.4) is 0 Å². The van der Waals surface area contributed by atoms with Crippen molar-refractivity contribution in [1.29, 1.82) is 0 Å². The van der Waals surface area contributed by atoms with Gasteiger partial charge in [0.15, 0.2) is 0 Å². The van der Waals surface area contributed by atoms with Crippen LogP contribution < -0.4 is 0 Å². The quantitative estimate of drug-likeness (QED) is 0.381. The minimum Gasteiger partial charge on any atom is -0.206 e. The Balaban J connectivity index is 0. The first-order valence-corrected chi connectivity index (χ1v) is 8.43. The molecule has 0 nitrogen and oxygen atoms in total. The lowest BCUT2D eigenvalue weighted by Crippen LogP contribution is -2.00. The van der Waals surface area contributed by atoms with Crippen molar-refractivity contribution in [2.45, 2.75) is 54.4 Å². The Kier molecular flexibility index (Phi) is 13.2. The van der Waals surface area contributed by atoms with Gasteiger partial charge in [-0.15, -0.1) is 0 Å². The first kappa shape index (κ1) is 23.6. The van der Waals surface area contributed by atoms with Crippen LogP contribution in [0, 0.1) is 11.8 Å². The zero-order chi connectivity index (χ0) is 18.6. The van der Waals surface area contributed by atoms with Gasteiger partial charge in [-0.1, -0.05) is 85.1 Å². The second kappa shape index (κ2) is 12.9. The predicted molar refractivity (Wildman–Crippen MR) is 105 cm³/mol. The Morgan fingerprint density at radius 3 is 1.91 bits per heavy atom. The third kappa shape index (κ3) is 11.6. The monoisotopic (exact) mass is 318 g/mol. The number of halogens is 1. The highest BCUT2D eigenvalue weighted by atomic mass is 19.1. The summed E-state index contributed by atoms with van der Waals surface area (Å²) in [5, 5.41) is 0. The molecule has 0 N–H and O–H groups in total. The van der Waals surface area contributed by atoms with Gasteiger partial charge in [0.2, 0.25) is 0 Å². The van der Waals surface area contributed by atoms with Gasteiger partial charge in [-0.05, 0) is 42.4 Å². The van der Waals surface area contributed by atoms with Crippen molar-refractivity contribution in [3.05, 3.63) is 72.7 Å². The molecule has 0 fully saturated rings. The van der Waals surface area contributed by atoms with Crippen molar-refractivity contribution in [3.8, 4) is 0 Å². The maximum absolute atomic E-state index is 14.2. The van der Waals surface area contributed by atoms with E-state index in [9.17, 15) is 4.39 Å². The summed E-state index contributed by atoms with van der Waals surface area (Å²) in [5.41, 5.74) is 2.53. The first-order chi connectivity index (χ1) is 10.6. The van der Waals surface area contributed by atoms with E-state index in [4.69, 9.17) is 0 Å². The highest BCUT2D eigenvalue weighted by molar-refractivity contribution is 5.48. The molecule has 0 saturated heterocycles. The summed E-state index contributed by atoms with van der Waals surface area (Å²) in [6.07, 6.45) is 7.13. The zero-order valence-corrected chi connectivity index (χ0v) is 16.0. The van der Waals surface area contributed by atoms with Crippen molar-refractivity contribution in [2.75, 3.05) is 0 Å². The van der Waals surface area contributed by atoms with Gasteiger partial charge >= 0.3 is 0 Å². The molecule has 0 aliphatic rings. The van der Waals surface area contributed by atoms with E-state index in [-0.39, 0.29) is 11.7 Å². The van der Waals surface area contributed by atoms with E-state index in [1.807, 2.05) is 20.8 Å². The fourth-order valence-corrected chi connectivity index (χ4v) is 1.66. The van der Waals surface area contributed by atoms with E-state index >= 15 is 0 Å². The van der Waals surface area contributed by atoms with Crippen LogP contribution in [-0.2, 0) is 0 Å². The Hall–Kier alpha value is -1.63. The lowest BCUT2D eigenvalue weighted by Gasteiger charge is -2.14. The summed E-state index contributed by atoms with van der Waals surface area (Å²) in [6, 6.07) is 0. The van der Waals surface area contributed by atoms with E-state index < -0.39 is 0 Å². The molecule has 0 saturated carbocycles. The molecule has 130 valence electrons. The molecular formula is C22H35F. The lowest BCUT2D eigenvalue weighted by molar-refractivity contribution is 0.493. The largest absolute Gasteiger partial charge is 0.206 e. The second-order valence-electron chi connectivity index (χ2n) is 6.12. The molecule has 0 radical (unpaired) electrons. The van der Waals surface area contributed by atoms with E-state index in [0.29, 0.717) is 17.1 Å². The molecule has 0 bridgehead atoms. The average Bonchev–Trinajstić information content (AvgIpc) is 2.50. The fourth-order valence-electron chi connectivity index (χ4n) is 1.66. The summed E-state index contributed by atoms with van der Waals surface area (Å²) in [4.78, 5) is 0. The molecule has 0 aromatic rings. The van der Waals surface area contributed by atoms with Crippen molar-refractivity contribution >= 4 is 0 Å². The Morgan fingerprint density at radius 2 is 1.48 bits per heavy atom. The summed E-state index contributed by atoms with van der Waals surface area (Å²) in [7, 11) is 0. The fraction of sp³-hybridized carbons (Fsp3) is 0.455. The molecule has 0 rings (SSSR count). The van der Waals surface area contributed by atoms with Gasteiger partial charge < -0.3 is 0 Å². The van der Waals surface area contributed by atoms with Crippen LogP contribution in [-0.4, -0.2) is 0 Å².